The second-order valence-electron chi connectivity index (χ2n) is 4.40. The molecule has 0 saturated heterocycles. The van der Waals surface area contributed by atoms with E-state index < -0.39 is 0 Å². The van der Waals surface area contributed by atoms with E-state index in [1.54, 1.807) is 11.3 Å². The van der Waals surface area contributed by atoms with Crippen LogP contribution in [0.3, 0.4) is 0 Å². The van der Waals surface area contributed by atoms with Gasteiger partial charge in [0.2, 0.25) is 0 Å². The van der Waals surface area contributed by atoms with Crippen molar-refractivity contribution in [1.82, 2.24) is 0 Å². The number of nitrogens with one attached hydrogen (secondary N) is 1. The van der Waals surface area contributed by atoms with E-state index in [4.69, 9.17) is 10.8 Å². The van der Waals surface area contributed by atoms with Gasteiger partial charge in [0.05, 0.1) is 15.6 Å². The van der Waals surface area contributed by atoms with Gasteiger partial charge in [0.25, 0.3) is 0 Å². The summed E-state index contributed by atoms with van der Waals surface area (Å²) in [6.45, 7) is 2.56. The van der Waals surface area contributed by atoms with Crippen molar-refractivity contribution in [3.8, 4) is 0 Å². The smallest absolute Gasteiger partial charge is 0.147 e. The molecule has 0 aliphatic carbocycles. The van der Waals surface area contributed by atoms with Crippen LogP contribution >= 0.6 is 24.0 Å². The molecule has 0 saturated carbocycles. The molecular formula is C16H20N2O2S2. The van der Waals surface area contributed by atoms with Crippen LogP contribution in [0.2, 0.25) is 0 Å². The van der Waals surface area contributed by atoms with Gasteiger partial charge in [-0.2, -0.15) is 0 Å². The third-order valence-corrected chi connectivity index (χ3v) is 4.09. The van der Waals surface area contributed by atoms with Crippen molar-refractivity contribution < 1.29 is 9.90 Å². The minimum absolute atomic E-state index is 0.560. The summed E-state index contributed by atoms with van der Waals surface area (Å²) >= 11 is 5.70. The molecule has 2 heterocycles. The Bertz CT molecular complexity index is 638. The van der Waals surface area contributed by atoms with Gasteiger partial charge in [0, 0.05) is 24.8 Å². The van der Waals surface area contributed by atoms with Crippen LogP contribution in [0.15, 0.2) is 39.4 Å². The van der Waals surface area contributed by atoms with Crippen LogP contribution in [0.5, 0.6) is 0 Å². The van der Waals surface area contributed by atoms with Crippen LogP contribution in [0.4, 0.5) is 11.4 Å². The normalized spacial score (nSPS) is 11.5. The van der Waals surface area contributed by atoms with E-state index in [0.29, 0.717) is 6.54 Å². The molecule has 0 unspecified atom stereocenters. The molecule has 1 aliphatic heterocycles. The minimum atomic E-state index is 0.560. The van der Waals surface area contributed by atoms with E-state index in [9.17, 15) is 4.79 Å². The second kappa shape index (κ2) is 9.30. The Morgan fingerprint density at radius 1 is 1.36 bits per heavy atom. The van der Waals surface area contributed by atoms with E-state index in [2.05, 4.69) is 17.9 Å². The predicted octanol–water partition coefficient (Wildman–Crippen LogP) is 3.23. The number of anilines is 2. The van der Waals surface area contributed by atoms with Crippen molar-refractivity contribution in [2.45, 2.75) is 11.1 Å². The Labute approximate surface area is 140 Å². The number of nitrogen functional groups attached to an aromatic ring is 1. The van der Waals surface area contributed by atoms with Crippen molar-refractivity contribution in [1.29, 1.82) is 0 Å². The molecule has 0 spiro atoms. The van der Waals surface area contributed by atoms with Crippen LogP contribution in [-0.4, -0.2) is 25.0 Å². The zero-order valence-electron chi connectivity index (χ0n) is 12.5. The van der Waals surface area contributed by atoms with Crippen molar-refractivity contribution in [2.75, 3.05) is 24.7 Å². The van der Waals surface area contributed by atoms with Crippen molar-refractivity contribution in [3.05, 3.63) is 46.3 Å². The van der Waals surface area contributed by atoms with Gasteiger partial charge in [-0.25, -0.2) is 0 Å². The predicted molar refractivity (Wildman–Crippen MR) is 97.8 cm³/mol. The fraction of sp³-hybridized carbons (Fsp3) is 0.188. The Morgan fingerprint density at radius 3 is 2.59 bits per heavy atom. The maximum Gasteiger partial charge on any atom is 0.147 e. The molecule has 118 valence electrons. The lowest BCUT2D eigenvalue weighted by Crippen LogP contribution is -2.13. The lowest BCUT2D eigenvalue weighted by atomic mass is 9.99. The number of carbonyl (C=O) groups excluding carboxylic acids is 1. The van der Waals surface area contributed by atoms with Crippen LogP contribution in [0.1, 0.15) is 11.1 Å². The molecule has 3 rings (SSSR count). The maximum absolute atomic E-state index is 10.6. The van der Waals surface area contributed by atoms with Crippen molar-refractivity contribution >= 4 is 47.7 Å². The van der Waals surface area contributed by atoms with Gasteiger partial charge in [0.1, 0.15) is 6.29 Å². The molecule has 4 nitrogen and oxygen atoms in total. The van der Waals surface area contributed by atoms with Gasteiger partial charge in [-0.1, -0.05) is 12.1 Å². The Morgan fingerprint density at radius 2 is 2.09 bits per heavy atom. The number of thiophene rings is 1. The summed E-state index contributed by atoms with van der Waals surface area (Å²) in [6.07, 6.45) is 2.77. The zero-order valence-corrected chi connectivity index (χ0v) is 14.2. The standard InChI is InChI=1S/C11H12N2O.C4H4S2.CH4O/c1-7-2-3-10(12)11-9(7)4-8(6-14)5-13-11;5-4-2-1-3-6-4;1-2/h2-4,6,13H,5,12H2,1H3;1-3,5H;2H,1H3. The highest BCUT2D eigenvalue weighted by atomic mass is 32.2. The molecule has 0 amide bonds. The first-order valence-electron chi connectivity index (χ1n) is 6.57. The molecule has 2 aromatic rings. The second-order valence-corrected chi connectivity index (χ2v) is 6.13. The number of aliphatic hydroxyl groups excluding tert-OH is 1. The van der Waals surface area contributed by atoms with E-state index in [1.165, 1.54) is 0 Å². The number of nitrogens with two attached hydrogens (primary N) is 1. The number of thiol groups is 1. The van der Waals surface area contributed by atoms with Crippen LogP contribution in [0.25, 0.3) is 6.08 Å². The number of aryl methyl sites for hydroxylation is 1. The summed E-state index contributed by atoms with van der Waals surface area (Å²) in [4.78, 5) is 10.6. The summed E-state index contributed by atoms with van der Waals surface area (Å²) < 4.78 is 1.08. The third-order valence-electron chi connectivity index (χ3n) is 2.95. The molecule has 1 aromatic carbocycles. The highest BCUT2D eigenvalue weighted by molar-refractivity contribution is 7.82. The summed E-state index contributed by atoms with van der Waals surface area (Å²) in [5.74, 6) is 0. The molecular weight excluding hydrogens is 316 g/mol. The number of hydrogen-bond acceptors (Lipinski definition) is 6. The Balaban J connectivity index is 0.000000253. The molecule has 0 fully saturated rings. The molecule has 4 N–H and O–H groups in total. The number of carbonyl (C=O) groups is 1. The van der Waals surface area contributed by atoms with Gasteiger partial charge in [0.15, 0.2) is 0 Å². The Hall–Kier alpha value is -1.76. The van der Waals surface area contributed by atoms with Crippen LogP contribution in [0, 0.1) is 6.92 Å². The van der Waals surface area contributed by atoms with Gasteiger partial charge >= 0.3 is 0 Å². The maximum atomic E-state index is 10.6. The van der Waals surface area contributed by atoms with Gasteiger partial charge in [-0.15, -0.1) is 24.0 Å². The number of aliphatic hydroxyl groups is 1. The lowest BCUT2D eigenvalue weighted by molar-refractivity contribution is -0.104. The molecule has 22 heavy (non-hydrogen) atoms. The molecule has 0 radical (unpaired) electrons. The molecule has 0 bridgehead atoms. The van der Waals surface area contributed by atoms with Crippen LogP contribution < -0.4 is 11.1 Å². The molecule has 1 aliphatic rings. The SMILES string of the molecule is CO.Cc1ccc(N)c2c1C=C(C=O)CN2.Sc1cccs1. The molecule has 1 aromatic heterocycles. The van der Waals surface area contributed by atoms with Crippen molar-refractivity contribution in [2.24, 2.45) is 0 Å². The molecule has 0 atom stereocenters. The van der Waals surface area contributed by atoms with E-state index in [1.807, 2.05) is 42.6 Å². The summed E-state index contributed by atoms with van der Waals surface area (Å²) in [5, 5.41) is 12.2. The average molecular weight is 336 g/mol. The topological polar surface area (TPSA) is 75.3 Å². The average Bonchev–Trinajstić information content (AvgIpc) is 3.04. The number of aldehydes is 1. The first-order valence-corrected chi connectivity index (χ1v) is 7.90. The first kappa shape index (κ1) is 18.3. The van der Waals surface area contributed by atoms with Gasteiger partial charge in [-0.3, -0.25) is 4.79 Å². The third kappa shape index (κ3) is 4.91. The summed E-state index contributed by atoms with van der Waals surface area (Å²) in [7, 11) is 1.00. The quantitative estimate of drug-likeness (QED) is 0.366. The molecule has 6 heteroatoms. The minimum Gasteiger partial charge on any atom is -0.400 e. The Kier molecular flexibility index (Phi) is 7.73. The van der Waals surface area contributed by atoms with E-state index >= 15 is 0 Å². The van der Waals surface area contributed by atoms with Gasteiger partial charge < -0.3 is 16.2 Å². The fourth-order valence-electron chi connectivity index (χ4n) is 1.90. The number of fused-ring (bicyclic) bond motifs is 1. The van der Waals surface area contributed by atoms with Crippen LogP contribution in [-0.2, 0) is 4.79 Å². The van der Waals surface area contributed by atoms with Gasteiger partial charge in [-0.05, 0) is 36.1 Å². The van der Waals surface area contributed by atoms with Crippen molar-refractivity contribution in [3.63, 3.8) is 0 Å². The fourth-order valence-corrected chi connectivity index (χ4v) is 2.62. The number of hydrogen-bond donors (Lipinski definition) is 4. The monoisotopic (exact) mass is 336 g/mol. The lowest BCUT2D eigenvalue weighted by Gasteiger charge is -2.19. The highest BCUT2D eigenvalue weighted by Gasteiger charge is 2.13. The number of rotatable bonds is 1. The first-order chi connectivity index (χ1) is 10.6. The summed E-state index contributed by atoms with van der Waals surface area (Å²) in [6, 6.07) is 7.78. The zero-order chi connectivity index (χ0) is 16.5. The summed E-state index contributed by atoms with van der Waals surface area (Å²) in [5.41, 5.74) is 10.4. The highest BCUT2D eigenvalue weighted by Crippen LogP contribution is 2.31. The largest absolute Gasteiger partial charge is 0.400 e. The van der Waals surface area contributed by atoms with E-state index in [-0.39, 0.29) is 0 Å². The van der Waals surface area contributed by atoms with E-state index in [0.717, 1.165) is 45.7 Å². The number of benzene rings is 1.